The molecular formula is C26H33N5OS. The van der Waals surface area contributed by atoms with Crippen LogP contribution in [-0.2, 0) is 4.74 Å². The van der Waals surface area contributed by atoms with Crippen LogP contribution in [0.1, 0.15) is 72.1 Å². The Hall–Kier alpha value is -2.22. The number of aromatic nitrogens is 4. The fourth-order valence-electron chi connectivity index (χ4n) is 6.13. The molecule has 2 fully saturated rings. The third-order valence-electron chi connectivity index (χ3n) is 8.03. The van der Waals surface area contributed by atoms with Crippen molar-refractivity contribution < 1.29 is 4.74 Å². The molecule has 1 unspecified atom stereocenters. The molecule has 2 saturated heterocycles. The van der Waals surface area contributed by atoms with E-state index in [1.807, 2.05) is 15.9 Å². The molecule has 1 atom stereocenters. The number of aryl methyl sites for hydroxylation is 2. The smallest absolute Gasteiger partial charge is 0.158 e. The SMILES string of the molecule is Cc1c(-c2[nH]c3sc(C4COC5(CCNCC5)C4)c(C)c3c2C(C)C)cn2ncnc2c1C. The summed E-state index contributed by atoms with van der Waals surface area (Å²) in [6, 6.07) is 0. The van der Waals surface area contributed by atoms with Gasteiger partial charge >= 0.3 is 0 Å². The van der Waals surface area contributed by atoms with E-state index in [2.05, 4.69) is 61.2 Å². The molecule has 174 valence electrons. The number of nitrogens with one attached hydrogen (secondary N) is 2. The second kappa shape index (κ2) is 7.65. The van der Waals surface area contributed by atoms with E-state index in [-0.39, 0.29) is 5.60 Å². The number of rotatable bonds is 3. The van der Waals surface area contributed by atoms with Crippen LogP contribution < -0.4 is 5.32 Å². The van der Waals surface area contributed by atoms with Crippen LogP contribution in [0.25, 0.3) is 27.1 Å². The Morgan fingerprint density at radius 3 is 2.70 bits per heavy atom. The number of hydrogen-bond acceptors (Lipinski definition) is 5. The van der Waals surface area contributed by atoms with Crippen LogP contribution in [0.4, 0.5) is 0 Å². The quantitative estimate of drug-likeness (QED) is 0.414. The number of H-pyrrole nitrogens is 1. The minimum absolute atomic E-state index is 0.0912. The lowest BCUT2D eigenvalue weighted by Crippen LogP contribution is -2.41. The second-order valence-electron chi connectivity index (χ2n) is 10.3. The maximum Gasteiger partial charge on any atom is 0.158 e. The van der Waals surface area contributed by atoms with Gasteiger partial charge in [-0.2, -0.15) is 5.10 Å². The Morgan fingerprint density at radius 1 is 1.15 bits per heavy atom. The Bertz CT molecular complexity index is 1350. The Kier molecular flexibility index (Phi) is 4.94. The number of piperidine rings is 1. The number of hydrogen-bond donors (Lipinski definition) is 2. The molecule has 0 amide bonds. The van der Waals surface area contributed by atoms with E-state index in [1.54, 1.807) is 6.33 Å². The second-order valence-corrected chi connectivity index (χ2v) is 11.4. The highest BCUT2D eigenvalue weighted by Crippen LogP contribution is 2.49. The molecule has 2 aliphatic heterocycles. The van der Waals surface area contributed by atoms with Crippen molar-refractivity contribution in [2.45, 2.75) is 71.3 Å². The summed E-state index contributed by atoms with van der Waals surface area (Å²) in [5.41, 5.74) is 8.79. The first-order chi connectivity index (χ1) is 15.9. The van der Waals surface area contributed by atoms with Crippen molar-refractivity contribution in [2.24, 2.45) is 0 Å². The van der Waals surface area contributed by atoms with Crippen LogP contribution in [0.15, 0.2) is 12.5 Å². The van der Waals surface area contributed by atoms with Gasteiger partial charge in [-0.15, -0.1) is 11.3 Å². The summed E-state index contributed by atoms with van der Waals surface area (Å²) in [5, 5.41) is 9.33. The summed E-state index contributed by atoms with van der Waals surface area (Å²) in [7, 11) is 0. The van der Waals surface area contributed by atoms with Gasteiger partial charge < -0.3 is 15.0 Å². The number of thiophene rings is 1. The Morgan fingerprint density at radius 2 is 1.94 bits per heavy atom. The lowest BCUT2D eigenvalue weighted by Gasteiger charge is -2.33. The molecule has 0 bridgehead atoms. The summed E-state index contributed by atoms with van der Waals surface area (Å²) in [6.45, 7) is 14.3. The van der Waals surface area contributed by atoms with Crippen LogP contribution in [0, 0.1) is 20.8 Å². The van der Waals surface area contributed by atoms with Crippen molar-refractivity contribution in [1.29, 1.82) is 0 Å². The van der Waals surface area contributed by atoms with Crippen molar-refractivity contribution in [3.63, 3.8) is 0 Å². The maximum absolute atomic E-state index is 6.45. The van der Waals surface area contributed by atoms with E-state index in [1.165, 1.54) is 48.6 Å². The van der Waals surface area contributed by atoms with Gasteiger partial charge in [0.1, 0.15) is 11.2 Å². The average molecular weight is 464 g/mol. The van der Waals surface area contributed by atoms with Gasteiger partial charge in [-0.1, -0.05) is 13.8 Å². The summed E-state index contributed by atoms with van der Waals surface area (Å²) >= 11 is 1.94. The number of nitrogens with zero attached hydrogens (tertiary/aromatic N) is 3. The topological polar surface area (TPSA) is 67.2 Å². The zero-order valence-corrected chi connectivity index (χ0v) is 21.0. The van der Waals surface area contributed by atoms with Crippen LogP contribution >= 0.6 is 11.3 Å². The maximum atomic E-state index is 6.45. The number of ether oxygens (including phenoxy) is 1. The lowest BCUT2D eigenvalue weighted by molar-refractivity contribution is -0.0192. The molecule has 4 aromatic heterocycles. The molecule has 33 heavy (non-hydrogen) atoms. The van der Waals surface area contributed by atoms with E-state index in [0.29, 0.717) is 11.8 Å². The molecule has 2 N–H and O–H groups in total. The molecule has 4 aromatic rings. The summed E-state index contributed by atoms with van der Waals surface area (Å²) in [4.78, 5) is 11.1. The predicted octanol–water partition coefficient (Wildman–Crippen LogP) is 5.61. The van der Waals surface area contributed by atoms with Crippen LogP contribution in [-0.4, -0.2) is 44.9 Å². The van der Waals surface area contributed by atoms with Gasteiger partial charge in [0.15, 0.2) is 5.65 Å². The molecule has 6 nitrogen and oxygen atoms in total. The first-order valence-electron chi connectivity index (χ1n) is 12.2. The van der Waals surface area contributed by atoms with Crippen LogP contribution in [0.5, 0.6) is 0 Å². The zero-order valence-electron chi connectivity index (χ0n) is 20.2. The molecule has 7 heteroatoms. The van der Waals surface area contributed by atoms with Gasteiger partial charge in [0.25, 0.3) is 0 Å². The lowest BCUT2D eigenvalue weighted by atomic mass is 9.85. The minimum Gasteiger partial charge on any atom is -0.374 e. The molecule has 0 aromatic carbocycles. The monoisotopic (exact) mass is 463 g/mol. The Balaban J connectivity index is 1.46. The molecular weight excluding hydrogens is 430 g/mol. The first kappa shape index (κ1) is 21.3. The highest BCUT2D eigenvalue weighted by Gasteiger charge is 2.42. The summed E-state index contributed by atoms with van der Waals surface area (Å²) in [6.07, 6.45) is 7.20. The minimum atomic E-state index is 0.0912. The number of pyridine rings is 1. The zero-order chi connectivity index (χ0) is 22.9. The standard InChI is InChI=1S/C26H33N5OS/c1-14(2)20-21-17(5)23(18-10-26(32-12-18)6-8-27-9-7-26)33-25(21)30-22(20)19-11-31-24(28-13-29-31)16(4)15(19)3/h11,13-14,18,27,30H,6-10,12H2,1-5H3. The molecule has 0 radical (unpaired) electrons. The highest BCUT2D eigenvalue weighted by atomic mass is 32.1. The summed E-state index contributed by atoms with van der Waals surface area (Å²) in [5.74, 6) is 0.921. The number of fused-ring (bicyclic) bond motifs is 2. The van der Waals surface area contributed by atoms with Crippen LogP contribution in [0.2, 0.25) is 0 Å². The Labute approximate surface area is 198 Å². The molecule has 1 spiro atoms. The molecule has 6 rings (SSSR count). The van der Waals surface area contributed by atoms with Crippen molar-refractivity contribution >= 4 is 27.2 Å². The van der Waals surface area contributed by atoms with E-state index < -0.39 is 0 Å². The fraction of sp³-hybridized carbons (Fsp3) is 0.538. The molecule has 6 heterocycles. The number of aromatic amines is 1. The summed E-state index contributed by atoms with van der Waals surface area (Å²) < 4.78 is 8.36. The van der Waals surface area contributed by atoms with Gasteiger partial charge in [-0.3, -0.25) is 0 Å². The van der Waals surface area contributed by atoms with Gasteiger partial charge in [-0.25, -0.2) is 9.50 Å². The van der Waals surface area contributed by atoms with E-state index in [0.717, 1.165) is 44.6 Å². The van der Waals surface area contributed by atoms with Crippen molar-refractivity contribution in [3.8, 4) is 11.3 Å². The highest BCUT2D eigenvalue weighted by molar-refractivity contribution is 7.19. The van der Waals surface area contributed by atoms with Crippen molar-refractivity contribution in [3.05, 3.63) is 39.7 Å². The largest absolute Gasteiger partial charge is 0.374 e. The molecule has 2 aliphatic rings. The average Bonchev–Trinajstić information content (AvgIpc) is 3.55. The first-order valence-corrected chi connectivity index (χ1v) is 13.0. The van der Waals surface area contributed by atoms with E-state index in [9.17, 15) is 0 Å². The van der Waals surface area contributed by atoms with E-state index in [4.69, 9.17) is 4.74 Å². The van der Waals surface area contributed by atoms with Crippen molar-refractivity contribution in [1.82, 2.24) is 24.9 Å². The van der Waals surface area contributed by atoms with Crippen molar-refractivity contribution in [2.75, 3.05) is 19.7 Å². The molecule has 0 saturated carbocycles. The normalized spacial score (nSPS) is 20.7. The third kappa shape index (κ3) is 3.20. The molecule has 0 aliphatic carbocycles. The van der Waals surface area contributed by atoms with Gasteiger partial charge in [-0.05, 0) is 81.3 Å². The van der Waals surface area contributed by atoms with Gasteiger partial charge in [0, 0.05) is 27.9 Å². The predicted molar refractivity (Wildman–Crippen MR) is 135 cm³/mol. The van der Waals surface area contributed by atoms with Gasteiger partial charge in [0.2, 0.25) is 0 Å². The van der Waals surface area contributed by atoms with Crippen LogP contribution in [0.3, 0.4) is 0 Å². The fourth-order valence-corrected chi connectivity index (χ4v) is 7.44. The van der Waals surface area contributed by atoms with E-state index >= 15 is 0 Å². The third-order valence-corrected chi connectivity index (χ3v) is 9.40. The van der Waals surface area contributed by atoms with Gasteiger partial charge in [0.05, 0.1) is 17.9 Å².